The van der Waals surface area contributed by atoms with Gasteiger partial charge in [-0.1, -0.05) is 11.6 Å². The number of hydrogen-bond acceptors (Lipinski definition) is 3. The van der Waals surface area contributed by atoms with Crippen LogP contribution < -0.4 is 10.1 Å². The van der Waals surface area contributed by atoms with E-state index in [4.69, 9.17) is 21.4 Å². The lowest BCUT2D eigenvalue weighted by atomic mass is 10.2. The summed E-state index contributed by atoms with van der Waals surface area (Å²) in [7, 11) is 1.57. The molecule has 1 aromatic carbocycles. The predicted octanol–water partition coefficient (Wildman–Crippen LogP) is 2.14. The summed E-state index contributed by atoms with van der Waals surface area (Å²) in [5.41, 5.74) is 0.882. The Morgan fingerprint density at radius 2 is 2.29 bits per heavy atom. The van der Waals surface area contributed by atoms with Crippen molar-refractivity contribution in [2.24, 2.45) is 0 Å². The zero-order chi connectivity index (χ0) is 10.6. The molecule has 3 nitrogen and oxygen atoms in total. The maximum Gasteiger partial charge on any atom is 0.139 e. The van der Waals surface area contributed by atoms with Crippen LogP contribution in [0.1, 0.15) is 6.92 Å². The Morgan fingerprint density at radius 1 is 1.57 bits per heavy atom. The number of rotatable bonds is 4. The number of aliphatic hydroxyl groups excluding tert-OH is 1. The molecule has 0 aliphatic heterocycles. The zero-order valence-electron chi connectivity index (χ0n) is 8.25. The number of halogens is 1. The van der Waals surface area contributed by atoms with Gasteiger partial charge >= 0.3 is 0 Å². The quantitative estimate of drug-likeness (QED) is 0.809. The third-order valence-corrected chi connectivity index (χ3v) is 2.15. The minimum atomic E-state index is 0.0147. The molecule has 0 bridgehead atoms. The molecule has 78 valence electrons. The van der Waals surface area contributed by atoms with E-state index in [-0.39, 0.29) is 12.6 Å². The number of aliphatic hydroxyl groups is 1. The van der Waals surface area contributed by atoms with Crippen LogP contribution in [0.15, 0.2) is 18.2 Å². The molecule has 0 aliphatic rings. The molecular formula is C10H14ClNO2. The molecule has 1 atom stereocenters. The number of methoxy groups -OCH3 is 1. The highest BCUT2D eigenvalue weighted by molar-refractivity contribution is 6.32. The molecule has 2 N–H and O–H groups in total. The van der Waals surface area contributed by atoms with E-state index in [2.05, 4.69) is 5.32 Å². The minimum absolute atomic E-state index is 0.0147. The maximum atomic E-state index is 8.86. The number of nitrogens with one attached hydrogen (secondary N) is 1. The Labute approximate surface area is 88.7 Å². The molecule has 4 heteroatoms. The van der Waals surface area contributed by atoms with E-state index in [1.165, 1.54) is 0 Å². The molecule has 0 aromatic heterocycles. The lowest BCUT2D eigenvalue weighted by Gasteiger charge is -2.13. The van der Waals surface area contributed by atoms with Gasteiger partial charge in [0.15, 0.2) is 0 Å². The third-order valence-electron chi connectivity index (χ3n) is 1.84. The molecule has 1 rings (SSSR count). The summed E-state index contributed by atoms with van der Waals surface area (Å²) in [5.74, 6) is 0.627. The van der Waals surface area contributed by atoms with E-state index >= 15 is 0 Å². The van der Waals surface area contributed by atoms with Gasteiger partial charge in [0.1, 0.15) is 5.75 Å². The van der Waals surface area contributed by atoms with E-state index in [0.29, 0.717) is 10.8 Å². The van der Waals surface area contributed by atoms with E-state index in [1.54, 1.807) is 19.2 Å². The highest BCUT2D eigenvalue weighted by atomic mass is 35.5. The van der Waals surface area contributed by atoms with Crippen LogP contribution in [0.25, 0.3) is 0 Å². The molecule has 0 heterocycles. The fourth-order valence-electron chi connectivity index (χ4n) is 1.08. The van der Waals surface area contributed by atoms with Gasteiger partial charge in [0.25, 0.3) is 0 Å². The van der Waals surface area contributed by atoms with Crippen molar-refractivity contribution >= 4 is 17.3 Å². The van der Waals surface area contributed by atoms with E-state index in [1.807, 2.05) is 13.0 Å². The van der Waals surface area contributed by atoms with Crippen molar-refractivity contribution in [2.75, 3.05) is 19.0 Å². The zero-order valence-corrected chi connectivity index (χ0v) is 9.01. The molecule has 0 saturated carbocycles. The Bertz CT molecular complexity index is 304. The second kappa shape index (κ2) is 5.08. The Hall–Kier alpha value is -0.930. The van der Waals surface area contributed by atoms with Crippen LogP contribution in [0.5, 0.6) is 5.75 Å². The first-order chi connectivity index (χ1) is 6.67. The van der Waals surface area contributed by atoms with Crippen molar-refractivity contribution < 1.29 is 9.84 Å². The second-order valence-electron chi connectivity index (χ2n) is 3.08. The normalized spacial score (nSPS) is 12.3. The molecule has 0 aliphatic carbocycles. The first-order valence-corrected chi connectivity index (χ1v) is 4.76. The average molecular weight is 216 g/mol. The van der Waals surface area contributed by atoms with E-state index < -0.39 is 0 Å². The minimum Gasteiger partial charge on any atom is -0.495 e. The van der Waals surface area contributed by atoms with Crippen molar-refractivity contribution in [3.63, 3.8) is 0 Å². The highest BCUT2D eigenvalue weighted by Gasteiger charge is 2.04. The molecular weight excluding hydrogens is 202 g/mol. The van der Waals surface area contributed by atoms with Gasteiger partial charge in [-0.15, -0.1) is 0 Å². The Morgan fingerprint density at radius 3 is 2.86 bits per heavy atom. The van der Waals surface area contributed by atoms with Crippen LogP contribution in [0.3, 0.4) is 0 Å². The summed E-state index contributed by atoms with van der Waals surface area (Å²) in [6.45, 7) is 1.98. The van der Waals surface area contributed by atoms with Crippen molar-refractivity contribution in [3.8, 4) is 5.75 Å². The SMILES string of the molecule is COc1cc(NC(C)CO)ccc1Cl. The maximum absolute atomic E-state index is 8.86. The van der Waals surface area contributed by atoms with Crippen molar-refractivity contribution in [1.82, 2.24) is 0 Å². The highest BCUT2D eigenvalue weighted by Crippen LogP contribution is 2.27. The summed E-state index contributed by atoms with van der Waals surface area (Å²) >= 11 is 5.86. The number of hydrogen-bond donors (Lipinski definition) is 2. The summed E-state index contributed by atoms with van der Waals surface area (Å²) < 4.78 is 5.07. The van der Waals surface area contributed by atoms with Crippen LogP contribution in [0.4, 0.5) is 5.69 Å². The van der Waals surface area contributed by atoms with E-state index in [9.17, 15) is 0 Å². The van der Waals surface area contributed by atoms with Crippen LogP contribution in [0, 0.1) is 0 Å². The van der Waals surface area contributed by atoms with Crippen LogP contribution in [-0.4, -0.2) is 24.9 Å². The largest absolute Gasteiger partial charge is 0.495 e. The molecule has 1 unspecified atom stereocenters. The summed E-state index contributed by atoms with van der Waals surface area (Å²) in [4.78, 5) is 0. The van der Waals surface area contributed by atoms with Crippen LogP contribution >= 0.6 is 11.6 Å². The summed E-state index contributed by atoms with van der Waals surface area (Å²) in [6.07, 6.45) is 0. The van der Waals surface area contributed by atoms with Gasteiger partial charge in [-0.2, -0.15) is 0 Å². The summed E-state index contributed by atoms with van der Waals surface area (Å²) in [6, 6.07) is 5.42. The molecule has 0 saturated heterocycles. The Kier molecular flexibility index (Phi) is 4.04. The van der Waals surface area contributed by atoms with Gasteiger partial charge in [0, 0.05) is 17.8 Å². The molecule has 0 radical (unpaired) electrons. The topological polar surface area (TPSA) is 41.5 Å². The number of ether oxygens (including phenoxy) is 1. The monoisotopic (exact) mass is 215 g/mol. The van der Waals surface area contributed by atoms with Crippen molar-refractivity contribution in [1.29, 1.82) is 0 Å². The van der Waals surface area contributed by atoms with Gasteiger partial charge < -0.3 is 15.2 Å². The molecule has 14 heavy (non-hydrogen) atoms. The molecule has 0 fully saturated rings. The standard InChI is InChI=1S/C10H14ClNO2/c1-7(6-13)12-8-3-4-9(11)10(5-8)14-2/h3-5,7,12-13H,6H2,1-2H3. The molecule has 1 aromatic rings. The Balaban J connectivity index is 2.79. The van der Waals surface area contributed by atoms with E-state index in [0.717, 1.165) is 5.69 Å². The fourth-order valence-corrected chi connectivity index (χ4v) is 1.27. The number of anilines is 1. The van der Waals surface area contributed by atoms with Gasteiger partial charge in [0.05, 0.1) is 18.7 Å². The van der Waals surface area contributed by atoms with Crippen molar-refractivity contribution in [3.05, 3.63) is 23.2 Å². The van der Waals surface area contributed by atoms with Crippen LogP contribution in [0.2, 0.25) is 5.02 Å². The molecule has 0 spiro atoms. The second-order valence-corrected chi connectivity index (χ2v) is 3.48. The van der Waals surface area contributed by atoms with Gasteiger partial charge in [-0.25, -0.2) is 0 Å². The summed E-state index contributed by atoms with van der Waals surface area (Å²) in [5, 5.41) is 12.5. The van der Waals surface area contributed by atoms with Gasteiger partial charge in [0.2, 0.25) is 0 Å². The van der Waals surface area contributed by atoms with Gasteiger partial charge in [-0.05, 0) is 19.1 Å². The smallest absolute Gasteiger partial charge is 0.139 e. The first kappa shape index (κ1) is 11.1. The van der Waals surface area contributed by atoms with Crippen molar-refractivity contribution in [2.45, 2.75) is 13.0 Å². The lowest BCUT2D eigenvalue weighted by Crippen LogP contribution is -2.19. The predicted molar refractivity (Wildman–Crippen MR) is 58.2 cm³/mol. The fraction of sp³-hybridized carbons (Fsp3) is 0.400. The first-order valence-electron chi connectivity index (χ1n) is 4.38. The third kappa shape index (κ3) is 2.79. The lowest BCUT2D eigenvalue weighted by molar-refractivity contribution is 0.281. The average Bonchev–Trinajstić information content (AvgIpc) is 2.20. The number of benzene rings is 1. The van der Waals surface area contributed by atoms with Gasteiger partial charge in [-0.3, -0.25) is 0 Å². The van der Waals surface area contributed by atoms with Crippen LogP contribution in [-0.2, 0) is 0 Å². The molecule has 0 amide bonds.